The van der Waals surface area contributed by atoms with Crippen LogP contribution in [0.25, 0.3) is 32.7 Å². The van der Waals surface area contributed by atoms with Crippen molar-refractivity contribution in [3.8, 4) is 0 Å². The van der Waals surface area contributed by atoms with E-state index in [1.54, 1.807) is 6.20 Å². The predicted molar refractivity (Wildman–Crippen MR) is 74.0 cm³/mol. The molecule has 2 aromatic heterocycles. The lowest BCUT2D eigenvalue weighted by molar-refractivity contribution is 0.669. The maximum Gasteiger partial charge on any atom is 0.154 e. The van der Waals surface area contributed by atoms with Gasteiger partial charge in [-0.2, -0.15) is 0 Å². The summed E-state index contributed by atoms with van der Waals surface area (Å²) < 4.78 is 5.83. The number of hydrogen-bond acceptors (Lipinski definition) is 2. The number of fused-ring (bicyclic) bond motifs is 5. The summed E-state index contributed by atoms with van der Waals surface area (Å²) in [5, 5.41) is 4.91. The van der Waals surface area contributed by atoms with Crippen LogP contribution in [0.4, 0.5) is 0 Å². The quantitative estimate of drug-likeness (QED) is 0.450. The van der Waals surface area contributed by atoms with Crippen LogP contribution in [0.2, 0.25) is 5.02 Å². The van der Waals surface area contributed by atoms with Crippen LogP contribution < -0.4 is 0 Å². The molecule has 0 fully saturated rings. The van der Waals surface area contributed by atoms with Crippen LogP contribution in [0, 0.1) is 0 Å². The van der Waals surface area contributed by atoms with Gasteiger partial charge >= 0.3 is 0 Å². The Morgan fingerprint density at radius 1 is 1.06 bits per heavy atom. The molecule has 4 rings (SSSR count). The van der Waals surface area contributed by atoms with Gasteiger partial charge in [-0.3, -0.25) is 4.98 Å². The number of rotatable bonds is 0. The molecule has 4 aromatic rings. The first-order valence-corrected chi connectivity index (χ1v) is 6.06. The van der Waals surface area contributed by atoms with E-state index in [4.69, 9.17) is 16.0 Å². The molecule has 0 spiro atoms. The van der Waals surface area contributed by atoms with E-state index in [9.17, 15) is 0 Å². The number of aromatic nitrogens is 1. The van der Waals surface area contributed by atoms with E-state index in [0.717, 1.165) is 32.7 Å². The van der Waals surface area contributed by atoms with Gasteiger partial charge in [-0.15, -0.1) is 0 Å². The molecule has 0 aliphatic heterocycles. The lowest BCUT2D eigenvalue weighted by Crippen LogP contribution is -1.77. The van der Waals surface area contributed by atoms with E-state index in [2.05, 4.69) is 4.98 Å². The van der Waals surface area contributed by atoms with Crippen LogP contribution in [0.5, 0.6) is 0 Å². The second-order valence-electron chi connectivity index (χ2n) is 4.26. The van der Waals surface area contributed by atoms with Gasteiger partial charge in [0, 0.05) is 28.6 Å². The molecule has 18 heavy (non-hydrogen) atoms. The third kappa shape index (κ3) is 1.21. The fraction of sp³-hybridized carbons (Fsp3) is 0. The number of nitrogens with zero attached hydrogens (tertiary/aromatic N) is 1. The minimum atomic E-state index is 0.639. The second kappa shape index (κ2) is 3.47. The number of hydrogen-bond donors (Lipinski definition) is 0. The summed E-state index contributed by atoms with van der Waals surface area (Å²) in [6.45, 7) is 0. The Bertz CT molecular complexity index is 895. The van der Waals surface area contributed by atoms with Crippen molar-refractivity contribution < 1.29 is 4.42 Å². The van der Waals surface area contributed by atoms with Gasteiger partial charge in [0.1, 0.15) is 5.58 Å². The molecule has 2 heterocycles. The van der Waals surface area contributed by atoms with E-state index in [1.807, 2.05) is 42.6 Å². The summed E-state index contributed by atoms with van der Waals surface area (Å²) in [6, 6.07) is 11.8. The monoisotopic (exact) mass is 253 g/mol. The molecule has 0 bridgehead atoms. The highest BCUT2D eigenvalue weighted by molar-refractivity contribution is 6.38. The largest absolute Gasteiger partial charge is 0.454 e. The number of para-hydroxylation sites is 1. The molecular formula is C15H8ClNO. The first-order valence-electron chi connectivity index (χ1n) is 5.68. The predicted octanol–water partition coefficient (Wildman–Crippen LogP) is 4.79. The summed E-state index contributed by atoms with van der Waals surface area (Å²) in [6.07, 6.45) is 3.63. The van der Waals surface area contributed by atoms with Crippen LogP contribution in [0.15, 0.2) is 53.2 Å². The van der Waals surface area contributed by atoms with Gasteiger partial charge in [-0.05, 0) is 23.6 Å². The molecule has 0 aliphatic rings. The molecule has 2 nitrogen and oxygen atoms in total. The van der Waals surface area contributed by atoms with Gasteiger partial charge in [0.15, 0.2) is 5.58 Å². The number of halogens is 1. The SMILES string of the molecule is Clc1cc2ccncc2c2c1oc1ccccc12. The molecule has 0 saturated carbocycles. The van der Waals surface area contributed by atoms with Gasteiger partial charge in [-0.25, -0.2) is 0 Å². The standard InChI is InChI=1S/C15H8ClNO/c16-12-7-9-5-6-17-8-11(9)14-10-3-1-2-4-13(10)18-15(12)14/h1-8H. The first-order chi connectivity index (χ1) is 8.84. The number of benzene rings is 2. The molecule has 0 atom stereocenters. The minimum absolute atomic E-state index is 0.639. The maximum atomic E-state index is 6.29. The van der Waals surface area contributed by atoms with Crippen LogP contribution >= 0.6 is 11.6 Å². The van der Waals surface area contributed by atoms with Crippen molar-refractivity contribution >= 4 is 44.3 Å². The van der Waals surface area contributed by atoms with E-state index in [-0.39, 0.29) is 0 Å². The molecule has 0 amide bonds. The summed E-state index contributed by atoms with van der Waals surface area (Å²) >= 11 is 6.29. The summed E-state index contributed by atoms with van der Waals surface area (Å²) in [7, 11) is 0. The Morgan fingerprint density at radius 3 is 2.89 bits per heavy atom. The first kappa shape index (κ1) is 9.92. The van der Waals surface area contributed by atoms with Crippen molar-refractivity contribution in [3.63, 3.8) is 0 Å². The lowest BCUT2D eigenvalue weighted by atomic mass is 10.1. The molecule has 0 radical (unpaired) electrons. The van der Waals surface area contributed by atoms with Crippen LogP contribution in [0.1, 0.15) is 0 Å². The van der Waals surface area contributed by atoms with Crippen molar-refractivity contribution in [2.75, 3.05) is 0 Å². The van der Waals surface area contributed by atoms with Crippen molar-refractivity contribution in [1.82, 2.24) is 4.98 Å². The minimum Gasteiger partial charge on any atom is -0.454 e. The molecule has 0 saturated heterocycles. The third-order valence-corrected chi connectivity index (χ3v) is 3.50. The Kier molecular flexibility index (Phi) is 1.91. The van der Waals surface area contributed by atoms with Crippen LogP contribution in [-0.4, -0.2) is 4.98 Å². The smallest absolute Gasteiger partial charge is 0.154 e. The zero-order valence-corrected chi connectivity index (χ0v) is 10.1. The van der Waals surface area contributed by atoms with Gasteiger partial charge in [0.25, 0.3) is 0 Å². The average Bonchev–Trinajstić information content (AvgIpc) is 2.79. The normalized spacial score (nSPS) is 11.6. The Balaban J connectivity index is 2.41. The molecule has 0 N–H and O–H groups in total. The third-order valence-electron chi connectivity index (χ3n) is 3.22. The highest BCUT2D eigenvalue weighted by Crippen LogP contribution is 2.38. The zero-order valence-electron chi connectivity index (χ0n) is 9.35. The van der Waals surface area contributed by atoms with Gasteiger partial charge in [0.05, 0.1) is 5.02 Å². The maximum absolute atomic E-state index is 6.29. The second-order valence-corrected chi connectivity index (χ2v) is 4.66. The Labute approximate surface area is 108 Å². The topological polar surface area (TPSA) is 26.0 Å². The van der Waals surface area contributed by atoms with Crippen molar-refractivity contribution in [1.29, 1.82) is 0 Å². The zero-order chi connectivity index (χ0) is 12.1. The molecule has 0 unspecified atom stereocenters. The Hall–Kier alpha value is -2.06. The number of furan rings is 1. The Morgan fingerprint density at radius 2 is 1.94 bits per heavy atom. The van der Waals surface area contributed by atoms with Gasteiger partial charge in [0.2, 0.25) is 0 Å². The lowest BCUT2D eigenvalue weighted by Gasteiger charge is -2.00. The summed E-state index contributed by atoms with van der Waals surface area (Å²) in [4.78, 5) is 4.19. The van der Waals surface area contributed by atoms with Crippen molar-refractivity contribution in [2.24, 2.45) is 0 Å². The van der Waals surface area contributed by atoms with Crippen molar-refractivity contribution in [3.05, 3.63) is 53.8 Å². The average molecular weight is 254 g/mol. The molecular weight excluding hydrogens is 246 g/mol. The molecule has 0 aliphatic carbocycles. The highest BCUT2D eigenvalue weighted by Gasteiger charge is 2.13. The van der Waals surface area contributed by atoms with Crippen LogP contribution in [-0.2, 0) is 0 Å². The molecule has 3 heteroatoms. The van der Waals surface area contributed by atoms with Gasteiger partial charge in [-0.1, -0.05) is 29.8 Å². The van der Waals surface area contributed by atoms with E-state index in [0.29, 0.717) is 5.02 Å². The molecule has 86 valence electrons. The van der Waals surface area contributed by atoms with E-state index in [1.165, 1.54) is 0 Å². The van der Waals surface area contributed by atoms with Gasteiger partial charge < -0.3 is 4.42 Å². The van der Waals surface area contributed by atoms with Crippen molar-refractivity contribution in [2.45, 2.75) is 0 Å². The van der Waals surface area contributed by atoms with Crippen LogP contribution in [0.3, 0.4) is 0 Å². The summed E-state index contributed by atoms with van der Waals surface area (Å²) in [5.74, 6) is 0. The molecule has 2 aromatic carbocycles. The fourth-order valence-corrected chi connectivity index (χ4v) is 2.67. The summed E-state index contributed by atoms with van der Waals surface area (Å²) in [5.41, 5.74) is 1.59. The van der Waals surface area contributed by atoms with E-state index >= 15 is 0 Å². The number of pyridine rings is 1. The van der Waals surface area contributed by atoms with E-state index < -0.39 is 0 Å². The highest BCUT2D eigenvalue weighted by atomic mass is 35.5. The fourth-order valence-electron chi connectivity index (χ4n) is 2.42.